The number of hydrogen-bond donors (Lipinski definition) is 1. The summed E-state index contributed by atoms with van der Waals surface area (Å²) in [4.78, 5) is 2.49. The molecule has 29 heavy (non-hydrogen) atoms. The van der Waals surface area contributed by atoms with Crippen LogP contribution in [0.25, 0.3) is 5.69 Å². The number of rotatable bonds is 4. The molecule has 1 N–H and O–H groups in total. The van der Waals surface area contributed by atoms with Crippen LogP contribution in [0.4, 0.5) is 14.6 Å². The topological polar surface area (TPSA) is 33.1 Å². The average Bonchev–Trinajstić information content (AvgIpc) is 3.33. The molecule has 150 valence electrons. The first-order valence-electron chi connectivity index (χ1n) is 10.3. The molecule has 0 amide bonds. The number of anilines is 1. The first kappa shape index (κ1) is 18.3. The first-order chi connectivity index (χ1) is 14.2. The standard InChI is InChI=1S/C23H24F2N4/c24-17-9-10-20(19(25)14-17)29-23-18(11-12-26-23)22(27-29)21-8-4-5-13-28(21)15-16-6-2-1-3-7-16/h1-3,6-7,9-10,14,21,26H,4-5,8,11-13,15H2. The number of aromatic nitrogens is 2. The van der Waals surface area contributed by atoms with Crippen LogP contribution in [0.5, 0.6) is 0 Å². The lowest BCUT2D eigenvalue weighted by molar-refractivity contribution is 0.136. The summed E-state index contributed by atoms with van der Waals surface area (Å²) in [5.74, 6) is -0.333. The second-order valence-electron chi connectivity index (χ2n) is 7.86. The van der Waals surface area contributed by atoms with Crippen LogP contribution in [0.1, 0.15) is 42.1 Å². The van der Waals surface area contributed by atoms with Gasteiger partial charge < -0.3 is 5.32 Å². The lowest BCUT2D eigenvalue weighted by Crippen LogP contribution is -2.33. The van der Waals surface area contributed by atoms with E-state index in [0.29, 0.717) is 0 Å². The molecule has 1 atom stereocenters. The number of likely N-dealkylation sites (tertiary alicyclic amines) is 1. The number of piperidine rings is 1. The Morgan fingerprint density at radius 2 is 1.93 bits per heavy atom. The highest BCUT2D eigenvalue weighted by molar-refractivity contribution is 5.58. The van der Waals surface area contributed by atoms with E-state index in [1.165, 1.54) is 29.7 Å². The molecule has 1 aromatic heterocycles. The molecule has 2 aliphatic heterocycles. The molecule has 4 nitrogen and oxygen atoms in total. The zero-order valence-corrected chi connectivity index (χ0v) is 16.2. The van der Waals surface area contributed by atoms with E-state index >= 15 is 0 Å². The van der Waals surface area contributed by atoms with Crippen molar-refractivity contribution < 1.29 is 8.78 Å². The molecule has 0 bridgehead atoms. The van der Waals surface area contributed by atoms with Crippen LogP contribution in [-0.4, -0.2) is 27.8 Å². The molecule has 1 unspecified atom stereocenters. The van der Waals surface area contributed by atoms with Gasteiger partial charge in [0.2, 0.25) is 0 Å². The molecule has 1 saturated heterocycles. The molecular formula is C23H24F2N4. The predicted molar refractivity (Wildman–Crippen MR) is 109 cm³/mol. The normalized spacial score (nSPS) is 19.2. The Balaban J connectivity index is 1.53. The van der Waals surface area contributed by atoms with Crippen LogP contribution in [0.2, 0.25) is 0 Å². The summed E-state index contributed by atoms with van der Waals surface area (Å²) in [6.07, 6.45) is 4.26. The minimum atomic E-state index is -0.597. The fraction of sp³-hybridized carbons (Fsp3) is 0.348. The molecule has 5 rings (SSSR count). The van der Waals surface area contributed by atoms with Crippen LogP contribution >= 0.6 is 0 Å². The smallest absolute Gasteiger partial charge is 0.151 e. The third kappa shape index (κ3) is 3.42. The largest absolute Gasteiger partial charge is 0.369 e. The average molecular weight is 394 g/mol. The van der Waals surface area contributed by atoms with E-state index in [9.17, 15) is 8.78 Å². The molecule has 0 spiro atoms. The summed E-state index contributed by atoms with van der Waals surface area (Å²) in [5.41, 5.74) is 3.77. The zero-order chi connectivity index (χ0) is 19.8. The number of nitrogens with zero attached hydrogens (tertiary/aromatic N) is 3. The van der Waals surface area contributed by atoms with Gasteiger partial charge in [-0.05, 0) is 43.5 Å². The SMILES string of the molecule is Fc1ccc(-n2nc(C3CCCCN3Cc3ccccc3)c3c2NCC3)c(F)c1. The molecule has 3 heterocycles. The molecular weight excluding hydrogens is 370 g/mol. The van der Waals surface area contributed by atoms with E-state index < -0.39 is 11.6 Å². The van der Waals surface area contributed by atoms with Crippen molar-refractivity contribution in [2.45, 2.75) is 38.3 Å². The third-order valence-corrected chi connectivity index (χ3v) is 5.98. The molecule has 2 aromatic carbocycles. The lowest BCUT2D eigenvalue weighted by atomic mass is 9.95. The molecule has 6 heteroatoms. The van der Waals surface area contributed by atoms with Crippen molar-refractivity contribution in [3.05, 3.63) is 77.0 Å². The number of halogens is 2. The maximum absolute atomic E-state index is 14.5. The van der Waals surface area contributed by atoms with Crippen molar-refractivity contribution in [1.29, 1.82) is 0 Å². The summed E-state index contributed by atoms with van der Waals surface area (Å²) in [6.45, 7) is 2.72. The molecule has 1 fully saturated rings. The van der Waals surface area contributed by atoms with Gasteiger partial charge in [0.25, 0.3) is 0 Å². The highest BCUT2D eigenvalue weighted by Gasteiger charge is 2.33. The van der Waals surface area contributed by atoms with E-state index in [0.717, 1.165) is 56.5 Å². The summed E-state index contributed by atoms with van der Waals surface area (Å²) in [7, 11) is 0. The van der Waals surface area contributed by atoms with E-state index in [1.54, 1.807) is 4.68 Å². The van der Waals surface area contributed by atoms with Crippen molar-refractivity contribution in [2.24, 2.45) is 0 Å². The van der Waals surface area contributed by atoms with Gasteiger partial charge in [-0.1, -0.05) is 36.8 Å². The van der Waals surface area contributed by atoms with Gasteiger partial charge >= 0.3 is 0 Å². The highest BCUT2D eigenvalue weighted by Crippen LogP contribution is 2.39. The van der Waals surface area contributed by atoms with E-state index in [-0.39, 0.29) is 11.7 Å². The van der Waals surface area contributed by atoms with Gasteiger partial charge in [-0.25, -0.2) is 13.5 Å². The Kier molecular flexibility index (Phi) is 4.79. The van der Waals surface area contributed by atoms with Crippen molar-refractivity contribution in [3.63, 3.8) is 0 Å². The van der Waals surface area contributed by atoms with Gasteiger partial charge in [-0.2, -0.15) is 5.10 Å². The van der Waals surface area contributed by atoms with Crippen LogP contribution in [-0.2, 0) is 13.0 Å². The highest BCUT2D eigenvalue weighted by atomic mass is 19.1. The quantitative estimate of drug-likeness (QED) is 0.687. The van der Waals surface area contributed by atoms with E-state index in [2.05, 4.69) is 34.5 Å². The minimum Gasteiger partial charge on any atom is -0.369 e. The van der Waals surface area contributed by atoms with Crippen molar-refractivity contribution >= 4 is 5.82 Å². The number of hydrogen-bond acceptors (Lipinski definition) is 3. The third-order valence-electron chi connectivity index (χ3n) is 5.98. The second-order valence-corrected chi connectivity index (χ2v) is 7.86. The molecule has 2 aliphatic rings. The van der Waals surface area contributed by atoms with Gasteiger partial charge in [0.05, 0.1) is 11.7 Å². The molecule has 0 radical (unpaired) electrons. The maximum Gasteiger partial charge on any atom is 0.151 e. The Labute approximate surface area is 169 Å². The molecule has 3 aromatic rings. The summed E-state index contributed by atoms with van der Waals surface area (Å²) < 4.78 is 29.5. The van der Waals surface area contributed by atoms with Crippen molar-refractivity contribution in [2.75, 3.05) is 18.4 Å². The fourth-order valence-corrected chi connectivity index (χ4v) is 4.60. The minimum absolute atomic E-state index is 0.211. The summed E-state index contributed by atoms with van der Waals surface area (Å²) in [6, 6.07) is 14.4. The number of benzene rings is 2. The number of fused-ring (bicyclic) bond motifs is 1. The monoisotopic (exact) mass is 394 g/mol. The van der Waals surface area contributed by atoms with Gasteiger partial charge in [-0.15, -0.1) is 0 Å². The van der Waals surface area contributed by atoms with Crippen LogP contribution in [0.15, 0.2) is 48.5 Å². The van der Waals surface area contributed by atoms with Crippen molar-refractivity contribution in [1.82, 2.24) is 14.7 Å². The molecule has 0 aliphatic carbocycles. The molecule has 0 saturated carbocycles. The summed E-state index contributed by atoms with van der Waals surface area (Å²) >= 11 is 0. The first-order valence-corrected chi connectivity index (χ1v) is 10.3. The Hall–Kier alpha value is -2.73. The van der Waals surface area contributed by atoms with Crippen molar-refractivity contribution in [3.8, 4) is 5.69 Å². The Morgan fingerprint density at radius 3 is 2.76 bits per heavy atom. The van der Waals surface area contributed by atoms with E-state index in [1.807, 2.05) is 6.07 Å². The second kappa shape index (κ2) is 7.59. The van der Waals surface area contributed by atoms with Crippen LogP contribution < -0.4 is 5.32 Å². The Bertz CT molecular complexity index is 1020. The fourth-order valence-electron chi connectivity index (χ4n) is 4.60. The lowest BCUT2D eigenvalue weighted by Gasteiger charge is -2.35. The number of nitrogens with one attached hydrogen (secondary N) is 1. The zero-order valence-electron chi connectivity index (χ0n) is 16.2. The van der Waals surface area contributed by atoms with Gasteiger partial charge in [0.1, 0.15) is 17.3 Å². The van der Waals surface area contributed by atoms with Gasteiger partial charge in [-0.3, -0.25) is 4.90 Å². The van der Waals surface area contributed by atoms with Gasteiger partial charge in [0.15, 0.2) is 5.82 Å². The predicted octanol–water partition coefficient (Wildman–Crippen LogP) is 4.85. The maximum atomic E-state index is 14.5. The van der Waals surface area contributed by atoms with Crippen LogP contribution in [0, 0.1) is 11.6 Å². The summed E-state index contributed by atoms with van der Waals surface area (Å²) in [5, 5.41) is 8.21. The van der Waals surface area contributed by atoms with Gasteiger partial charge in [0, 0.05) is 24.7 Å². The van der Waals surface area contributed by atoms with Crippen LogP contribution in [0.3, 0.4) is 0 Å². The Morgan fingerprint density at radius 1 is 1.07 bits per heavy atom. The van der Waals surface area contributed by atoms with E-state index in [4.69, 9.17) is 5.10 Å².